The zero-order valence-corrected chi connectivity index (χ0v) is 11.3. The number of hydrogen-bond donors (Lipinski definition) is 3. The van der Waals surface area contributed by atoms with E-state index in [9.17, 15) is 15.0 Å². The van der Waals surface area contributed by atoms with Crippen LogP contribution in [0.2, 0.25) is 0 Å². The maximum atomic E-state index is 11.8. The molecular weight excluding hydrogens is 246 g/mol. The molecule has 1 aromatic carbocycles. The zero-order valence-electron chi connectivity index (χ0n) is 11.3. The minimum atomic E-state index is -1.06. The highest BCUT2D eigenvalue weighted by Gasteiger charge is 2.39. The largest absolute Gasteiger partial charge is 0.444 e. The SMILES string of the molecule is CC(C)(C)OC(=O)N[C@@H]1c2ccccc2C(O)[C@@H]1O. The van der Waals surface area contributed by atoms with Crippen molar-refractivity contribution in [3.05, 3.63) is 35.4 Å². The van der Waals surface area contributed by atoms with E-state index in [-0.39, 0.29) is 0 Å². The van der Waals surface area contributed by atoms with E-state index in [0.717, 1.165) is 0 Å². The Morgan fingerprint density at radius 3 is 2.37 bits per heavy atom. The fraction of sp³-hybridized carbons (Fsp3) is 0.500. The van der Waals surface area contributed by atoms with Gasteiger partial charge in [0.05, 0.1) is 6.04 Å². The van der Waals surface area contributed by atoms with E-state index < -0.39 is 29.9 Å². The molecule has 1 aromatic rings. The van der Waals surface area contributed by atoms with E-state index in [0.29, 0.717) is 11.1 Å². The molecule has 2 rings (SSSR count). The van der Waals surface area contributed by atoms with Crippen molar-refractivity contribution in [1.82, 2.24) is 5.32 Å². The molecule has 1 aliphatic rings. The van der Waals surface area contributed by atoms with Crippen molar-refractivity contribution in [2.75, 3.05) is 0 Å². The van der Waals surface area contributed by atoms with Gasteiger partial charge in [-0.15, -0.1) is 0 Å². The summed E-state index contributed by atoms with van der Waals surface area (Å²) in [5, 5.41) is 22.5. The van der Waals surface area contributed by atoms with Gasteiger partial charge in [-0.1, -0.05) is 24.3 Å². The molecule has 0 aromatic heterocycles. The van der Waals surface area contributed by atoms with E-state index in [2.05, 4.69) is 5.32 Å². The van der Waals surface area contributed by atoms with Gasteiger partial charge in [-0.05, 0) is 31.9 Å². The van der Waals surface area contributed by atoms with Gasteiger partial charge in [0.25, 0.3) is 0 Å². The topological polar surface area (TPSA) is 78.8 Å². The Morgan fingerprint density at radius 1 is 1.21 bits per heavy atom. The zero-order chi connectivity index (χ0) is 14.2. The predicted octanol–water partition coefficient (Wildman–Crippen LogP) is 1.66. The summed E-state index contributed by atoms with van der Waals surface area (Å²) in [7, 11) is 0. The van der Waals surface area contributed by atoms with Crippen LogP contribution in [0.5, 0.6) is 0 Å². The lowest BCUT2D eigenvalue weighted by atomic mass is 10.1. The third kappa shape index (κ3) is 2.88. The Balaban J connectivity index is 2.15. The first-order chi connectivity index (χ1) is 8.79. The van der Waals surface area contributed by atoms with Gasteiger partial charge in [0, 0.05) is 0 Å². The van der Waals surface area contributed by atoms with Crippen molar-refractivity contribution in [2.45, 2.75) is 44.6 Å². The molecule has 5 heteroatoms. The third-order valence-electron chi connectivity index (χ3n) is 2.99. The van der Waals surface area contributed by atoms with Crippen LogP contribution in [-0.2, 0) is 4.74 Å². The lowest BCUT2D eigenvalue weighted by Gasteiger charge is -2.23. The minimum absolute atomic E-state index is 0.605. The molecule has 5 nitrogen and oxygen atoms in total. The second-order valence-electron chi connectivity index (χ2n) is 5.69. The molecule has 0 saturated heterocycles. The number of fused-ring (bicyclic) bond motifs is 1. The number of aliphatic hydroxyl groups is 2. The molecule has 0 fully saturated rings. The first-order valence-corrected chi connectivity index (χ1v) is 6.24. The number of benzene rings is 1. The Kier molecular flexibility index (Phi) is 3.52. The lowest BCUT2D eigenvalue weighted by molar-refractivity contribution is 0.00359. The van der Waals surface area contributed by atoms with Crippen molar-refractivity contribution < 1.29 is 19.7 Å². The van der Waals surface area contributed by atoms with Crippen LogP contribution in [-0.4, -0.2) is 28.0 Å². The molecule has 1 amide bonds. The Morgan fingerprint density at radius 2 is 1.79 bits per heavy atom. The summed E-state index contributed by atoms with van der Waals surface area (Å²) >= 11 is 0. The highest BCUT2D eigenvalue weighted by molar-refractivity contribution is 5.69. The van der Waals surface area contributed by atoms with Gasteiger partial charge in [0.1, 0.15) is 17.8 Å². The standard InChI is InChI=1S/C14H19NO4/c1-14(2,3)19-13(18)15-10-8-6-4-5-7-9(8)11(16)12(10)17/h4-7,10-12,16-17H,1-3H3,(H,15,18)/t10-,11?,12-/m1/s1. The molecule has 0 saturated carbocycles. The number of carbonyl (C=O) groups is 1. The van der Waals surface area contributed by atoms with E-state index in [1.165, 1.54) is 0 Å². The quantitative estimate of drug-likeness (QED) is 0.721. The molecule has 3 N–H and O–H groups in total. The summed E-state index contributed by atoms with van der Waals surface area (Å²) in [6.07, 6.45) is -2.67. The molecule has 0 radical (unpaired) electrons. The van der Waals surface area contributed by atoms with Crippen molar-refractivity contribution >= 4 is 6.09 Å². The number of aliphatic hydroxyl groups excluding tert-OH is 2. The van der Waals surface area contributed by atoms with Gasteiger partial charge in [-0.2, -0.15) is 0 Å². The Bertz CT molecular complexity index is 481. The van der Waals surface area contributed by atoms with Crippen molar-refractivity contribution in [2.24, 2.45) is 0 Å². The number of carbonyl (C=O) groups excluding carboxylic acids is 1. The number of rotatable bonds is 1. The molecule has 0 spiro atoms. The normalized spacial score (nSPS) is 25.8. The highest BCUT2D eigenvalue weighted by Crippen LogP contribution is 2.38. The van der Waals surface area contributed by atoms with Gasteiger partial charge in [-0.25, -0.2) is 4.79 Å². The van der Waals surface area contributed by atoms with Crippen molar-refractivity contribution in [1.29, 1.82) is 0 Å². The molecule has 0 aliphatic heterocycles. The van der Waals surface area contributed by atoms with Crippen LogP contribution in [0.4, 0.5) is 4.79 Å². The maximum Gasteiger partial charge on any atom is 0.408 e. The van der Waals surface area contributed by atoms with Gasteiger partial charge in [0.15, 0.2) is 0 Å². The monoisotopic (exact) mass is 265 g/mol. The molecule has 0 heterocycles. The summed E-state index contributed by atoms with van der Waals surface area (Å²) in [5.74, 6) is 0. The van der Waals surface area contributed by atoms with E-state index in [1.807, 2.05) is 0 Å². The number of amides is 1. The van der Waals surface area contributed by atoms with Crippen LogP contribution in [0.3, 0.4) is 0 Å². The number of alkyl carbamates (subject to hydrolysis) is 1. The first-order valence-electron chi connectivity index (χ1n) is 6.24. The number of ether oxygens (including phenoxy) is 1. The molecule has 3 atom stereocenters. The van der Waals surface area contributed by atoms with Crippen LogP contribution in [0, 0.1) is 0 Å². The Labute approximate surface area is 112 Å². The second kappa shape index (κ2) is 4.83. The lowest BCUT2D eigenvalue weighted by Crippen LogP contribution is -2.38. The predicted molar refractivity (Wildman–Crippen MR) is 69.5 cm³/mol. The summed E-state index contributed by atoms with van der Waals surface area (Å²) in [5.41, 5.74) is 0.746. The van der Waals surface area contributed by atoms with Crippen LogP contribution in [0.25, 0.3) is 0 Å². The van der Waals surface area contributed by atoms with Crippen LogP contribution < -0.4 is 5.32 Å². The number of hydrogen-bond acceptors (Lipinski definition) is 4. The Hall–Kier alpha value is -1.59. The van der Waals surface area contributed by atoms with E-state index >= 15 is 0 Å². The van der Waals surface area contributed by atoms with E-state index in [1.54, 1.807) is 45.0 Å². The summed E-state index contributed by atoms with van der Waals surface area (Å²) in [6, 6.07) is 6.44. The maximum absolute atomic E-state index is 11.8. The molecule has 1 unspecified atom stereocenters. The molecule has 104 valence electrons. The van der Waals surface area contributed by atoms with Crippen LogP contribution in [0.1, 0.15) is 44.0 Å². The molecule has 1 aliphatic carbocycles. The smallest absolute Gasteiger partial charge is 0.408 e. The minimum Gasteiger partial charge on any atom is -0.444 e. The van der Waals surface area contributed by atoms with Gasteiger partial charge in [0.2, 0.25) is 0 Å². The molecule has 0 bridgehead atoms. The van der Waals surface area contributed by atoms with Gasteiger partial charge in [-0.3, -0.25) is 0 Å². The summed E-state index contributed by atoms with van der Waals surface area (Å²) < 4.78 is 5.16. The average Bonchev–Trinajstić information content (AvgIpc) is 2.53. The van der Waals surface area contributed by atoms with Crippen molar-refractivity contribution in [3.8, 4) is 0 Å². The van der Waals surface area contributed by atoms with Gasteiger partial charge < -0.3 is 20.3 Å². The average molecular weight is 265 g/mol. The van der Waals surface area contributed by atoms with Crippen LogP contribution >= 0.6 is 0 Å². The van der Waals surface area contributed by atoms with Crippen LogP contribution in [0.15, 0.2) is 24.3 Å². The number of nitrogens with one attached hydrogen (secondary N) is 1. The molecule has 19 heavy (non-hydrogen) atoms. The first kappa shape index (κ1) is 13.8. The highest BCUT2D eigenvalue weighted by atomic mass is 16.6. The summed E-state index contributed by atoms with van der Waals surface area (Å²) in [6.45, 7) is 5.29. The van der Waals surface area contributed by atoms with Crippen molar-refractivity contribution in [3.63, 3.8) is 0 Å². The second-order valence-corrected chi connectivity index (χ2v) is 5.69. The third-order valence-corrected chi connectivity index (χ3v) is 2.99. The fourth-order valence-corrected chi connectivity index (χ4v) is 2.21. The molecular formula is C14H19NO4. The van der Waals surface area contributed by atoms with E-state index in [4.69, 9.17) is 4.74 Å². The summed E-state index contributed by atoms with van der Waals surface area (Å²) in [4.78, 5) is 11.8. The van der Waals surface area contributed by atoms with Gasteiger partial charge >= 0.3 is 6.09 Å². The fourth-order valence-electron chi connectivity index (χ4n) is 2.21.